The molecule has 0 atom stereocenters. The Balaban J connectivity index is 1.96. The Bertz CT molecular complexity index is 929. The zero-order valence-corrected chi connectivity index (χ0v) is 14.2. The molecule has 1 N–H and O–H groups in total. The topological polar surface area (TPSA) is 53.7 Å². The zero-order chi connectivity index (χ0) is 17.3. The molecule has 0 aliphatic rings. The Labute approximate surface area is 141 Å². The molecule has 3 aromatic rings. The van der Waals surface area contributed by atoms with Gasteiger partial charge in [-0.3, -0.25) is 4.90 Å². The van der Waals surface area contributed by atoms with E-state index in [1.807, 2.05) is 45.2 Å². The van der Waals surface area contributed by atoms with E-state index in [1.54, 1.807) is 0 Å². The molecule has 0 aliphatic heterocycles. The average molecular weight is 323 g/mol. The van der Waals surface area contributed by atoms with E-state index in [0.717, 1.165) is 23.2 Å². The van der Waals surface area contributed by atoms with Crippen molar-refractivity contribution >= 4 is 11.0 Å². The average Bonchev–Trinajstić information content (AvgIpc) is 2.51. The molecule has 2 aromatic carbocycles. The van der Waals surface area contributed by atoms with Crippen molar-refractivity contribution < 1.29 is 9.52 Å². The van der Waals surface area contributed by atoms with E-state index in [-0.39, 0.29) is 5.75 Å². The second kappa shape index (κ2) is 6.49. The number of phenols is 1. The van der Waals surface area contributed by atoms with Crippen LogP contribution in [0.4, 0.5) is 0 Å². The largest absolute Gasteiger partial charge is 0.507 e. The van der Waals surface area contributed by atoms with Crippen molar-refractivity contribution in [3.05, 3.63) is 75.1 Å². The van der Waals surface area contributed by atoms with Gasteiger partial charge in [0.05, 0.1) is 5.39 Å². The van der Waals surface area contributed by atoms with Crippen LogP contribution in [0.15, 0.2) is 51.7 Å². The fraction of sp³-hybridized carbons (Fsp3) is 0.250. The summed E-state index contributed by atoms with van der Waals surface area (Å²) >= 11 is 0. The van der Waals surface area contributed by atoms with Crippen molar-refractivity contribution in [2.24, 2.45) is 0 Å². The maximum absolute atomic E-state index is 11.5. The second-order valence-corrected chi connectivity index (χ2v) is 6.30. The SMILES string of the molecule is Cc1cc2oc(=O)cc(C)c2c(O)c1CN(C)Cc1ccccc1. The summed E-state index contributed by atoms with van der Waals surface area (Å²) in [5.41, 5.74) is 3.76. The molecule has 0 aliphatic carbocycles. The first kappa shape index (κ1) is 16.3. The number of hydrogen-bond acceptors (Lipinski definition) is 4. The van der Waals surface area contributed by atoms with Crippen molar-refractivity contribution in [3.8, 4) is 5.75 Å². The summed E-state index contributed by atoms with van der Waals surface area (Å²) in [7, 11) is 2.02. The minimum atomic E-state index is -0.396. The van der Waals surface area contributed by atoms with E-state index >= 15 is 0 Å². The van der Waals surface area contributed by atoms with Crippen LogP contribution in [0.3, 0.4) is 0 Å². The van der Waals surface area contributed by atoms with Gasteiger partial charge in [0.1, 0.15) is 11.3 Å². The van der Waals surface area contributed by atoms with E-state index in [2.05, 4.69) is 17.0 Å². The third-order valence-electron chi connectivity index (χ3n) is 4.26. The molecule has 0 saturated carbocycles. The maximum Gasteiger partial charge on any atom is 0.336 e. The summed E-state index contributed by atoms with van der Waals surface area (Å²) in [6.45, 7) is 5.14. The lowest BCUT2D eigenvalue weighted by Crippen LogP contribution is -2.18. The molecule has 24 heavy (non-hydrogen) atoms. The first-order valence-electron chi connectivity index (χ1n) is 7.94. The van der Waals surface area contributed by atoms with Gasteiger partial charge in [0.15, 0.2) is 0 Å². The predicted octanol–water partition coefficient (Wildman–Crippen LogP) is 3.75. The van der Waals surface area contributed by atoms with Crippen molar-refractivity contribution in [1.29, 1.82) is 0 Å². The zero-order valence-electron chi connectivity index (χ0n) is 14.2. The molecule has 0 radical (unpaired) electrons. The highest BCUT2D eigenvalue weighted by molar-refractivity contribution is 5.88. The summed E-state index contributed by atoms with van der Waals surface area (Å²) in [6, 6.07) is 13.5. The lowest BCUT2D eigenvalue weighted by atomic mass is 10.0. The van der Waals surface area contributed by atoms with E-state index < -0.39 is 5.63 Å². The fourth-order valence-electron chi connectivity index (χ4n) is 3.08. The van der Waals surface area contributed by atoms with Crippen LogP contribution in [0.25, 0.3) is 11.0 Å². The number of fused-ring (bicyclic) bond motifs is 1. The van der Waals surface area contributed by atoms with Gasteiger partial charge in [-0.1, -0.05) is 30.3 Å². The Morgan fingerprint density at radius 1 is 1.04 bits per heavy atom. The van der Waals surface area contributed by atoms with Gasteiger partial charge in [0.2, 0.25) is 0 Å². The van der Waals surface area contributed by atoms with Crippen LogP contribution in [0.1, 0.15) is 22.3 Å². The quantitative estimate of drug-likeness (QED) is 0.743. The number of nitrogens with zero attached hydrogens (tertiary/aromatic N) is 1. The minimum absolute atomic E-state index is 0.200. The van der Waals surface area contributed by atoms with Crippen LogP contribution < -0.4 is 5.63 Å². The summed E-state index contributed by atoms with van der Waals surface area (Å²) in [4.78, 5) is 13.7. The van der Waals surface area contributed by atoms with Gasteiger partial charge in [-0.15, -0.1) is 0 Å². The number of hydrogen-bond donors (Lipinski definition) is 1. The van der Waals surface area contributed by atoms with Crippen molar-refractivity contribution in [2.45, 2.75) is 26.9 Å². The summed E-state index contributed by atoms with van der Waals surface area (Å²) < 4.78 is 5.23. The lowest BCUT2D eigenvalue weighted by Gasteiger charge is -2.20. The standard InChI is InChI=1S/C20H21NO3/c1-13-9-17-19(14(2)10-18(22)24-17)20(23)16(13)12-21(3)11-15-7-5-4-6-8-15/h4-10,23H,11-12H2,1-3H3. The van der Waals surface area contributed by atoms with Crippen LogP contribution >= 0.6 is 0 Å². The van der Waals surface area contributed by atoms with Crippen LogP contribution in [0.5, 0.6) is 5.75 Å². The molecule has 0 amide bonds. The van der Waals surface area contributed by atoms with Crippen LogP contribution in [0.2, 0.25) is 0 Å². The Kier molecular flexibility index (Phi) is 4.40. The predicted molar refractivity (Wildman–Crippen MR) is 95.2 cm³/mol. The van der Waals surface area contributed by atoms with Crippen molar-refractivity contribution in [2.75, 3.05) is 7.05 Å². The highest BCUT2D eigenvalue weighted by atomic mass is 16.4. The van der Waals surface area contributed by atoms with Crippen LogP contribution in [-0.2, 0) is 13.1 Å². The van der Waals surface area contributed by atoms with Crippen molar-refractivity contribution in [3.63, 3.8) is 0 Å². The molecule has 0 unspecified atom stereocenters. The van der Waals surface area contributed by atoms with Gasteiger partial charge in [-0.2, -0.15) is 0 Å². The third kappa shape index (κ3) is 3.19. The van der Waals surface area contributed by atoms with Gasteiger partial charge in [0.25, 0.3) is 0 Å². The van der Waals surface area contributed by atoms with Crippen LogP contribution in [-0.4, -0.2) is 17.1 Å². The van der Waals surface area contributed by atoms with Crippen molar-refractivity contribution in [1.82, 2.24) is 4.90 Å². The molecule has 0 spiro atoms. The molecular formula is C20H21NO3. The molecule has 124 valence electrons. The molecule has 4 heteroatoms. The van der Waals surface area contributed by atoms with Gasteiger partial charge in [-0.05, 0) is 43.7 Å². The molecule has 4 nitrogen and oxygen atoms in total. The lowest BCUT2D eigenvalue weighted by molar-refractivity contribution is 0.312. The number of aromatic hydroxyl groups is 1. The number of aryl methyl sites for hydroxylation is 2. The normalized spacial score (nSPS) is 11.3. The molecule has 0 fully saturated rings. The number of phenolic OH excluding ortho intramolecular Hbond substituents is 1. The minimum Gasteiger partial charge on any atom is -0.507 e. The number of benzene rings is 2. The second-order valence-electron chi connectivity index (χ2n) is 6.30. The molecular weight excluding hydrogens is 302 g/mol. The summed E-state index contributed by atoms with van der Waals surface area (Å²) in [6.07, 6.45) is 0. The highest BCUT2D eigenvalue weighted by Crippen LogP contribution is 2.33. The molecule has 3 rings (SSSR count). The molecule has 0 saturated heterocycles. The van der Waals surface area contributed by atoms with Crippen LogP contribution in [0, 0.1) is 13.8 Å². The third-order valence-corrected chi connectivity index (χ3v) is 4.26. The van der Waals surface area contributed by atoms with Gasteiger partial charge < -0.3 is 9.52 Å². The molecule has 1 aromatic heterocycles. The van der Waals surface area contributed by atoms with Gasteiger partial charge in [0, 0.05) is 24.7 Å². The first-order chi connectivity index (χ1) is 11.5. The maximum atomic E-state index is 11.5. The Hall–Kier alpha value is -2.59. The smallest absolute Gasteiger partial charge is 0.336 e. The Morgan fingerprint density at radius 2 is 1.75 bits per heavy atom. The Morgan fingerprint density at radius 3 is 2.46 bits per heavy atom. The van der Waals surface area contributed by atoms with E-state index in [9.17, 15) is 9.90 Å². The summed E-state index contributed by atoms with van der Waals surface area (Å²) in [5.74, 6) is 0.200. The molecule has 1 heterocycles. The summed E-state index contributed by atoms with van der Waals surface area (Å²) in [5, 5.41) is 11.3. The monoisotopic (exact) mass is 323 g/mol. The van der Waals surface area contributed by atoms with E-state index in [4.69, 9.17) is 4.42 Å². The first-order valence-corrected chi connectivity index (χ1v) is 7.94. The van der Waals surface area contributed by atoms with Gasteiger partial charge >= 0.3 is 5.63 Å². The van der Waals surface area contributed by atoms with Gasteiger partial charge in [-0.25, -0.2) is 4.79 Å². The fourth-order valence-corrected chi connectivity index (χ4v) is 3.08. The molecule has 0 bridgehead atoms. The van der Waals surface area contributed by atoms with E-state index in [1.165, 1.54) is 11.6 Å². The van der Waals surface area contributed by atoms with E-state index in [0.29, 0.717) is 17.5 Å². The number of rotatable bonds is 4. The highest BCUT2D eigenvalue weighted by Gasteiger charge is 2.16.